The van der Waals surface area contributed by atoms with Crippen LogP contribution in [0.4, 0.5) is 0 Å². The average molecular weight is 628 g/mol. The molecule has 0 aromatic rings. The lowest BCUT2D eigenvalue weighted by Crippen LogP contribution is -2.47. The smallest absolute Gasteiger partial charge is 0.323 e. The molecule has 44 heavy (non-hydrogen) atoms. The van der Waals surface area contributed by atoms with Crippen molar-refractivity contribution in [2.45, 2.75) is 208 Å². The van der Waals surface area contributed by atoms with Crippen LogP contribution in [-0.4, -0.2) is 72.0 Å². The van der Waals surface area contributed by atoms with Gasteiger partial charge in [-0.1, -0.05) is 48.0 Å². The fraction of sp³-hybridized carbons (Fsp3) is 0.914. The van der Waals surface area contributed by atoms with Crippen LogP contribution < -0.4 is 16.0 Å². The van der Waals surface area contributed by atoms with Gasteiger partial charge in [0.05, 0.1) is 0 Å². The standard InChI is InChI=1S/2C12H23NO2.C11H23NO2/c1-9(13-12(2,3)4)11(14)15-10-7-5-6-8-10;1-9(2)13-10(3)12(14)15-11-7-5-4-6-8-11;1-6-10(7-2)14-11(13)9(5)12-8(3)4/h9-10,13H,5-8H2,1-4H3;9-11,13H,4-8H2,1-3H3;8-10,12H,6-7H2,1-5H3/t9-;10-;9-/m000/s1. The van der Waals surface area contributed by atoms with E-state index in [1.807, 2.05) is 83.1 Å². The second kappa shape index (κ2) is 22.7. The van der Waals surface area contributed by atoms with Gasteiger partial charge in [0.1, 0.15) is 36.4 Å². The third-order valence-electron chi connectivity index (χ3n) is 7.49. The molecule has 3 atom stereocenters. The summed E-state index contributed by atoms with van der Waals surface area (Å²) in [5.74, 6) is -0.361. The highest BCUT2D eigenvalue weighted by Crippen LogP contribution is 2.22. The van der Waals surface area contributed by atoms with Crippen molar-refractivity contribution in [2.75, 3.05) is 0 Å². The van der Waals surface area contributed by atoms with E-state index in [9.17, 15) is 14.4 Å². The fourth-order valence-corrected chi connectivity index (χ4v) is 5.29. The summed E-state index contributed by atoms with van der Waals surface area (Å²) in [6.45, 7) is 23.9. The molecular formula is C35H69N3O6. The molecule has 0 bridgehead atoms. The van der Waals surface area contributed by atoms with Gasteiger partial charge in [0.15, 0.2) is 0 Å². The maximum Gasteiger partial charge on any atom is 0.323 e. The highest BCUT2D eigenvalue weighted by atomic mass is 16.6. The first-order chi connectivity index (χ1) is 20.5. The molecule has 0 spiro atoms. The first-order valence-corrected chi connectivity index (χ1v) is 17.4. The third kappa shape index (κ3) is 21.1. The van der Waals surface area contributed by atoms with Gasteiger partial charge in [-0.2, -0.15) is 0 Å². The van der Waals surface area contributed by atoms with Crippen molar-refractivity contribution < 1.29 is 28.6 Å². The number of nitrogens with one attached hydrogen (secondary N) is 3. The van der Waals surface area contributed by atoms with Crippen LogP contribution in [0.15, 0.2) is 0 Å². The van der Waals surface area contributed by atoms with Gasteiger partial charge in [0, 0.05) is 17.6 Å². The number of rotatable bonds is 13. The van der Waals surface area contributed by atoms with Gasteiger partial charge < -0.3 is 24.8 Å². The molecule has 0 radical (unpaired) electrons. The Hall–Kier alpha value is -1.71. The number of carbonyl (C=O) groups is 3. The first-order valence-electron chi connectivity index (χ1n) is 17.4. The van der Waals surface area contributed by atoms with Crippen molar-refractivity contribution in [1.29, 1.82) is 0 Å². The van der Waals surface area contributed by atoms with Crippen LogP contribution in [0.1, 0.15) is 154 Å². The van der Waals surface area contributed by atoms with Crippen molar-refractivity contribution in [3.05, 3.63) is 0 Å². The lowest BCUT2D eigenvalue weighted by molar-refractivity contribution is -0.153. The number of hydrogen-bond acceptors (Lipinski definition) is 9. The van der Waals surface area contributed by atoms with E-state index in [-0.39, 0.29) is 59.9 Å². The molecule has 0 aliphatic heterocycles. The summed E-state index contributed by atoms with van der Waals surface area (Å²) in [5, 5.41) is 9.50. The van der Waals surface area contributed by atoms with E-state index in [1.165, 1.54) is 32.1 Å². The zero-order valence-corrected chi connectivity index (χ0v) is 30.3. The number of esters is 3. The normalized spacial score (nSPS) is 18.1. The van der Waals surface area contributed by atoms with Gasteiger partial charge in [-0.15, -0.1) is 0 Å². The molecule has 3 N–H and O–H groups in total. The lowest BCUT2D eigenvalue weighted by atomic mass is 9.98. The summed E-state index contributed by atoms with van der Waals surface area (Å²) in [6.07, 6.45) is 12.4. The maximum atomic E-state index is 11.7. The Morgan fingerprint density at radius 1 is 0.614 bits per heavy atom. The van der Waals surface area contributed by atoms with Gasteiger partial charge in [-0.05, 0) is 106 Å². The second-order valence-electron chi connectivity index (χ2n) is 14.1. The quantitative estimate of drug-likeness (QED) is 0.153. The van der Waals surface area contributed by atoms with Crippen LogP contribution in [0.2, 0.25) is 0 Å². The van der Waals surface area contributed by atoms with Crippen molar-refractivity contribution in [3.8, 4) is 0 Å². The molecule has 0 amide bonds. The predicted molar refractivity (Wildman–Crippen MR) is 180 cm³/mol. The minimum Gasteiger partial charge on any atom is -0.461 e. The molecule has 2 saturated carbocycles. The van der Waals surface area contributed by atoms with Crippen LogP contribution in [0.5, 0.6) is 0 Å². The van der Waals surface area contributed by atoms with Crippen LogP contribution >= 0.6 is 0 Å². The minimum absolute atomic E-state index is 0.0475. The van der Waals surface area contributed by atoms with E-state index < -0.39 is 0 Å². The fourth-order valence-electron chi connectivity index (χ4n) is 5.29. The Morgan fingerprint density at radius 3 is 1.34 bits per heavy atom. The molecule has 260 valence electrons. The van der Waals surface area contributed by atoms with Gasteiger partial charge in [0.25, 0.3) is 0 Å². The highest BCUT2D eigenvalue weighted by molar-refractivity contribution is 5.76. The van der Waals surface area contributed by atoms with Crippen LogP contribution in [0, 0.1) is 0 Å². The monoisotopic (exact) mass is 628 g/mol. The number of ether oxygens (including phenoxy) is 3. The van der Waals surface area contributed by atoms with Crippen LogP contribution in [0.25, 0.3) is 0 Å². The van der Waals surface area contributed by atoms with Crippen molar-refractivity contribution in [1.82, 2.24) is 16.0 Å². The Kier molecular flexibility index (Phi) is 21.9. The summed E-state index contributed by atoms with van der Waals surface area (Å²) < 4.78 is 16.2. The van der Waals surface area contributed by atoms with E-state index in [1.54, 1.807) is 0 Å². The zero-order chi connectivity index (χ0) is 33.9. The van der Waals surface area contributed by atoms with Crippen LogP contribution in [0.3, 0.4) is 0 Å². The molecule has 2 fully saturated rings. The van der Waals surface area contributed by atoms with Gasteiger partial charge in [-0.3, -0.25) is 19.7 Å². The highest BCUT2D eigenvalue weighted by Gasteiger charge is 2.25. The topological polar surface area (TPSA) is 115 Å². The van der Waals surface area contributed by atoms with Gasteiger partial charge in [0.2, 0.25) is 0 Å². The molecule has 0 aromatic carbocycles. The van der Waals surface area contributed by atoms with Crippen LogP contribution in [-0.2, 0) is 28.6 Å². The van der Waals surface area contributed by atoms with Gasteiger partial charge in [-0.25, -0.2) is 0 Å². The molecule has 9 heteroatoms. The van der Waals surface area contributed by atoms with Gasteiger partial charge >= 0.3 is 17.9 Å². The largest absolute Gasteiger partial charge is 0.461 e. The minimum atomic E-state index is -0.217. The Morgan fingerprint density at radius 2 is 0.977 bits per heavy atom. The third-order valence-corrected chi connectivity index (χ3v) is 7.49. The summed E-state index contributed by atoms with van der Waals surface area (Å²) >= 11 is 0. The van der Waals surface area contributed by atoms with Crippen molar-refractivity contribution in [3.63, 3.8) is 0 Å². The van der Waals surface area contributed by atoms with E-state index >= 15 is 0 Å². The molecule has 9 nitrogen and oxygen atoms in total. The second-order valence-corrected chi connectivity index (χ2v) is 14.1. The Bertz CT molecular complexity index is 782. The average Bonchev–Trinajstić information content (AvgIpc) is 3.44. The Balaban J connectivity index is 0.000000631. The van der Waals surface area contributed by atoms with E-state index in [0.717, 1.165) is 38.5 Å². The summed E-state index contributed by atoms with van der Waals surface area (Å²) in [5.41, 5.74) is -0.0475. The lowest BCUT2D eigenvalue weighted by Gasteiger charge is -2.25. The molecule has 2 aliphatic carbocycles. The summed E-state index contributed by atoms with van der Waals surface area (Å²) in [4.78, 5) is 34.9. The van der Waals surface area contributed by atoms with Crippen molar-refractivity contribution >= 4 is 17.9 Å². The van der Waals surface area contributed by atoms with E-state index in [2.05, 4.69) is 16.0 Å². The number of hydrogen-bond donors (Lipinski definition) is 3. The van der Waals surface area contributed by atoms with Crippen molar-refractivity contribution in [2.24, 2.45) is 0 Å². The van der Waals surface area contributed by atoms with E-state index in [0.29, 0.717) is 12.1 Å². The summed E-state index contributed by atoms with van der Waals surface area (Å²) in [6, 6.07) is 0.00582. The molecule has 0 heterocycles. The molecule has 0 saturated heterocycles. The maximum absolute atomic E-state index is 11.7. The zero-order valence-electron chi connectivity index (χ0n) is 30.3. The molecular weight excluding hydrogens is 558 g/mol. The predicted octanol–water partition coefficient (Wildman–Crippen LogP) is 6.60. The molecule has 2 rings (SSSR count). The Labute approximate surface area is 270 Å². The molecule has 0 unspecified atom stereocenters. The first kappa shape index (κ1) is 42.3. The SMILES string of the molecule is CC(C)N[C@@H](C)C(=O)OC1CCCCC1.CCC(CC)OC(=O)[C@H](C)NC(C)C.C[C@H](NC(C)(C)C)C(=O)OC1CCCC1. The summed E-state index contributed by atoms with van der Waals surface area (Å²) in [7, 11) is 0. The molecule has 2 aliphatic rings. The molecule has 0 aromatic heterocycles. The number of carbonyl (C=O) groups excluding carboxylic acids is 3. The van der Waals surface area contributed by atoms with E-state index in [4.69, 9.17) is 14.2 Å².